The minimum absolute atomic E-state index is 0.0125. The van der Waals surface area contributed by atoms with Crippen LogP contribution in [0.4, 0.5) is 5.69 Å². The molecule has 198 valence electrons. The number of carbonyl (C=O) groups excluding carboxylic acids is 2. The molecule has 0 aliphatic rings. The molecule has 3 rings (SSSR count). The Balaban J connectivity index is 1.61. The molecule has 0 spiro atoms. The van der Waals surface area contributed by atoms with Gasteiger partial charge in [-0.15, -0.1) is 6.58 Å². The van der Waals surface area contributed by atoms with Crippen molar-refractivity contribution < 1.29 is 19.1 Å². The second-order valence-corrected chi connectivity index (χ2v) is 9.00. The van der Waals surface area contributed by atoms with Crippen LogP contribution in [-0.2, 0) is 22.6 Å². The molecule has 0 saturated heterocycles. The van der Waals surface area contributed by atoms with Crippen molar-refractivity contribution >= 4 is 35.3 Å². The Morgan fingerprint density at radius 2 is 1.79 bits per heavy atom. The maximum atomic E-state index is 12.2. The van der Waals surface area contributed by atoms with E-state index in [2.05, 4.69) is 22.4 Å². The summed E-state index contributed by atoms with van der Waals surface area (Å²) in [6.45, 7) is 8.66. The highest BCUT2D eigenvalue weighted by molar-refractivity contribution is 6.30. The standard InChI is InChI=1S/C30H32ClN3O4/c1-4-7-24-16-23(17-27(37-5-2)30(24)38-20-22-12-10-21(3)11-13-22)19-32-34-29(36)15-14-28(35)33-26-9-6-8-25(31)18-26/h4,6,8-13,16-19H,1,5,7,14-15,20H2,2-3H3,(H,33,35)(H,34,36). The lowest BCUT2D eigenvalue weighted by Gasteiger charge is -2.17. The lowest BCUT2D eigenvalue weighted by molar-refractivity contribution is -0.124. The van der Waals surface area contributed by atoms with Crippen LogP contribution >= 0.6 is 11.6 Å². The summed E-state index contributed by atoms with van der Waals surface area (Å²) in [5, 5.41) is 7.28. The molecule has 0 aromatic heterocycles. The first-order chi connectivity index (χ1) is 18.4. The summed E-state index contributed by atoms with van der Waals surface area (Å²) in [5.74, 6) is 0.573. The van der Waals surface area contributed by atoms with Gasteiger partial charge in [0.15, 0.2) is 11.5 Å². The smallest absolute Gasteiger partial charge is 0.240 e. The number of aryl methyl sites for hydroxylation is 1. The Bertz CT molecular complexity index is 1290. The quantitative estimate of drug-likeness (QED) is 0.155. The molecule has 8 heteroatoms. The van der Waals surface area contributed by atoms with Gasteiger partial charge < -0.3 is 14.8 Å². The van der Waals surface area contributed by atoms with E-state index in [1.165, 1.54) is 11.8 Å². The highest BCUT2D eigenvalue weighted by atomic mass is 35.5. The molecule has 0 radical (unpaired) electrons. The predicted molar refractivity (Wildman–Crippen MR) is 152 cm³/mol. The van der Waals surface area contributed by atoms with Crippen LogP contribution in [0.1, 0.15) is 42.0 Å². The molecule has 7 nitrogen and oxygen atoms in total. The van der Waals surface area contributed by atoms with Crippen molar-refractivity contribution in [1.29, 1.82) is 0 Å². The molecule has 3 aromatic carbocycles. The number of anilines is 1. The van der Waals surface area contributed by atoms with Gasteiger partial charge in [0.25, 0.3) is 0 Å². The van der Waals surface area contributed by atoms with Gasteiger partial charge in [-0.2, -0.15) is 5.10 Å². The number of benzene rings is 3. The zero-order valence-electron chi connectivity index (χ0n) is 21.6. The van der Waals surface area contributed by atoms with Gasteiger partial charge in [-0.05, 0) is 61.7 Å². The second-order valence-electron chi connectivity index (χ2n) is 8.56. The molecule has 2 amide bonds. The fourth-order valence-electron chi connectivity index (χ4n) is 3.58. The van der Waals surface area contributed by atoms with Crippen LogP contribution in [0.5, 0.6) is 11.5 Å². The zero-order chi connectivity index (χ0) is 27.3. The van der Waals surface area contributed by atoms with E-state index in [0.717, 1.165) is 16.7 Å². The van der Waals surface area contributed by atoms with Gasteiger partial charge >= 0.3 is 0 Å². The molecule has 0 saturated carbocycles. The number of hydrogen-bond acceptors (Lipinski definition) is 5. The van der Waals surface area contributed by atoms with E-state index in [0.29, 0.717) is 41.8 Å². The number of hydrazone groups is 1. The van der Waals surface area contributed by atoms with E-state index in [4.69, 9.17) is 21.1 Å². The van der Waals surface area contributed by atoms with Crippen LogP contribution in [0.3, 0.4) is 0 Å². The number of halogens is 1. The van der Waals surface area contributed by atoms with Crippen LogP contribution in [0, 0.1) is 6.92 Å². The molecule has 2 N–H and O–H groups in total. The third-order valence-corrected chi connectivity index (χ3v) is 5.65. The van der Waals surface area contributed by atoms with Crippen molar-refractivity contribution in [2.75, 3.05) is 11.9 Å². The fourth-order valence-corrected chi connectivity index (χ4v) is 3.77. The van der Waals surface area contributed by atoms with Gasteiger partial charge in [0.1, 0.15) is 6.61 Å². The lowest BCUT2D eigenvalue weighted by atomic mass is 10.1. The molecule has 38 heavy (non-hydrogen) atoms. The van der Waals surface area contributed by atoms with Gasteiger partial charge in [0.2, 0.25) is 11.8 Å². The van der Waals surface area contributed by atoms with Crippen LogP contribution in [0.15, 0.2) is 78.4 Å². The third kappa shape index (κ3) is 9.09. The molecular formula is C30H32ClN3O4. The maximum absolute atomic E-state index is 12.2. The molecular weight excluding hydrogens is 502 g/mol. The van der Waals surface area contributed by atoms with Crippen molar-refractivity contribution in [2.45, 2.75) is 39.7 Å². The van der Waals surface area contributed by atoms with E-state index in [1.54, 1.807) is 30.3 Å². The van der Waals surface area contributed by atoms with Crippen LogP contribution < -0.4 is 20.2 Å². The third-order valence-electron chi connectivity index (χ3n) is 5.41. The summed E-state index contributed by atoms with van der Waals surface area (Å²) in [4.78, 5) is 24.3. The van der Waals surface area contributed by atoms with Crippen LogP contribution in [-0.4, -0.2) is 24.6 Å². The summed E-state index contributed by atoms with van der Waals surface area (Å²) in [7, 11) is 0. The van der Waals surface area contributed by atoms with Crippen LogP contribution in [0.2, 0.25) is 5.02 Å². The fraction of sp³-hybridized carbons (Fsp3) is 0.233. The molecule has 0 aliphatic carbocycles. The first-order valence-electron chi connectivity index (χ1n) is 12.3. The zero-order valence-corrected chi connectivity index (χ0v) is 22.4. The largest absolute Gasteiger partial charge is 0.490 e. The van der Waals surface area contributed by atoms with Crippen molar-refractivity contribution in [3.63, 3.8) is 0 Å². The summed E-state index contributed by atoms with van der Waals surface area (Å²) in [6, 6.07) is 18.7. The highest BCUT2D eigenvalue weighted by Crippen LogP contribution is 2.34. The summed E-state index contributed by atoms with van der Waals surface area (Å²) >= 11 is 5.92. The SMILES string of the molecule is C=CCc1cc(C=NNC(=O)CCC(=O)Nc2cccc(Cl)c2)cc(OCC)c1OCc1ccc(C)cc1. The average molecular weight is 534 g/mol. The van der Waals surface area contributed by atoms with Gasteiger partial charge in [0, 0.05) is 29.1 Å². The van der Waals surface area contributed by atoms with Gasteiger partial charge in [0.05, 0.1) is 12.8 Å². The second kappa shape index (κ2) is 14.6. The molecule has 0 unspecified atom stereocenters. The monoisotopic (exact) mass is 533 g/mol. The number of amides is 2. The van der Waals surface area contributed by atoms with Crippen molar-refractivity contribution in [3.05, 3.63) is 101 Å². The Morgan fingerprint density at radius 3 is 2.50 bits per heavy atom. The Morgan fingerprint density at radius 1 is 1.03 bits per heavy atom. The normalized spacial score (nSPS) is 10.7. The minimum atomic E-state index is -0.378. The van der Waals surface area contributed by atoms with Crippen LogP contribution in [0.25, 0.3) is 0 Å². The number of ether oxygens (including phenoxy) is 2. The number of allylic oxidation sites excluding steroid dienone is 1. The predicted octanol–water partition coefficient (Wildman–Crippen LogP) is 6.22. The highest BCUT2D eigenvalue weighted by Gasteiger charge is 2.14. The summed E-state index contributed by atoms with van der Waals surface area (Å²) < 4.78 is 12.0. The number of rotatable bonds is 13. The molecule has 0 fully saturated rings. The first kappa shape index (κ1) is 28.5. The minimum Gasteiger partial charge on any atom is -0.490 e. The van der Waals surface area contributed by atoms with Crippen molar-refractivity contribution in [3.8, 4) is 11.5 Å². The van der Waals surface area contributed by atoms with E-state index < -0.39 is 0 Å². The van der Waals surface area contributed by atoms with Gasteiger partial charge in [-0.3, -0.25) is 9.59 Å². The van der Waals surface area contributed by atoms with E-state index in [-0.39, 0.29) is 24.7 Å². The van der Waals surface area contributed by atoms with E-state index in [9.17, 15) is 9.59 Å². The molecule has 0 bridgehead atoms. The Hall–Kier alpha value is -4.10. The van der Waals surface area contributed by atoms with E-state index >= 15 is 0 Å². The number of nitrogens with one attached hydrogen (secondary N) is 2. The van der Waals surface area contributed by atoms with Crippen molar-refractivity contribution in [2.24, 2.45) is 5.10 Å². The van der Waals surface area contributed by atoms with E-state index in [1.807, 2.05) is 50.2 Å². The summed E-state index contributed by atoms with van der Waals surface area (Å²) in [5.41, 5.74) is 6.90. The first-order valence-corrected chi connectivity index (χ1v) is 12.7. The average Bonchev–Trinajstić information content (AvgIpc) is 2.88. The Labute approximate surface area is 228 Å². The molecule has 3 aromatic rings. The number of hydrogen-bond donors (Lipinski definition) is 2. The van der Waals surface area contributed by atoms with Gasteiger partial charge in [-0.1, -0.05) is 53.6 Å². The lowest BCUT2D eigenvalue weighted by Crippen LogP contribution is -2.20. The van der Waals surface area contributed by atoms with Gasteiger partial charge in [-0.25, -0.2) is 5.43 Å². The molecule has 0 heterocycles. The molecule has 0 atom stereocenters. The summed E-state index contributed by atoms with van der Waals surface area (Å²) in [6.07, 6.45) is 3.89. The maximum Gasteiger partial charge on any atom is 0.240 e. The topological polar surface area (TPSA) is 89.0 Å². The number of nitrogens with zero attached hydrogens (tertiary/aromatic N) is 1. The number of carbonyl (C=O) groups is 2. The van der Waals surface area contributed by atoms with Crippen molar-refractivity contribution in [1.82, 2.24) is 5.43 Å². The Kier molecular flexibility index (Phi) is 10.9. The molecule has 0 aliphatic heterocycles.